The molecule has 0 spiro atoms. The van der Waals surface area contributed by atoms with Crippen molar-refractivity contribution < 1.29 is 13.2 Å². The van der Waals surface area contributed by atoms with E-state index in [0.717, 1.165) is 12.6 Å². The Balaban J connectivity index is 1.58. The van der Waals surface area contributed by atoms with E-state index in [4.69, 9.17) is 0 Å². The summed E-state index contributed by atoms with van der Waals surface area (Å²) in [5.41, 5.74) is 1.74. The molecule has 7 nitrogen and oxygen atoms in total. The monoisotopic (exact) mass is 457 g/mol. The topological polar surface area (TPSA) is 73.8 Å². The number of aryl methyl sites for hydroxylation is 1. The highest BCUT2D eigenvalue weighted by Crippen LogP contribution is 2.40. The quantitative estimate of drug-likeness (QED) is 0.417. The minimum atomic E-state index is -3.10. The Morgan fingerprint density at radius 1 is 1.12 bits per heavy atom. The summed E-state index contributed by atoms with van der Waals surface area (Å²) in [4.78, 5) is 2.11. The van der Waals surface area contributed by atoms with Crippen molar-refractivity contribution in [2.75, 3.05) is 23.3 Å². The maximum atomic E-state index is 14.8. The van der Waals surface area contributed by atoms with E-state index in [2.05, 4.69) is 44.7 Å². The molecule has 1 fully saturated rings. The number of alkyl halides is 2. The number of hydrogen-bond donors (Lipinski definition) is 3. The van der Waals surface area contributed by atoms with E-state index in [1.54, 1.807) is 25.4 Å². The number of halogens is 3. The number of piperazine rings is 1. The van der Waals surface area contributed by atoms with Crippen LogP contribution in [0.2, 0.25) is 0 Å². The van der Waals surface area contributed by atoms with Crippen LogP contribution in [0.3, 0.4) is 0 Å². The van der Waals surface area contributed by atoms with Gasteiger partial charge in [-0.25, -0.2) is 13.2 Å². The van der Waals surface area contributed by atoms with Crippen molar-refractivity contribution in [3.63, 3.8) is 0 Å². The Labute approximate surface area is 188 Å². The molecule has 0 bridgehead atoms. The molecule has 1 aliphatic rings. The average Bonchev–Trinajstić information content (AvgIpc) is 3.29. The van der Waals surface area contributed by atoms with Crippen LogP contribution in [0.1, 0.15) is 26.3 Å². The molecule has 3 heterocycles. The van der Waals surface area contributed by atoms with Crippen LogP contribution in [-0.2, 0) is 13.0 Å². The smallest absolute Gasteiger partial charge is 0.271 e. The van der Waals surface area contributed by atoms with Gasteiger partial charge in [0.05, 0.1) is 10.9 Å². The van der Waals surface area contributed by atoms with Crippen LogP contribution in [0, 0.1) is 5.82 Å². The average molecular weight is 458 g/mol. The van der Waals surface area contributed by atoms with Gasteiger partial charge in [-0.1, -0.05) is 0 Å². The number of rotatable bonds is 4. The van der Waals surface area contributed by atoms with Crippen molar-refractivity contribution in [1.29, 1.82) is 0 Å². The SMILES string of the molecule is C[C@H]1CN(c2cc(C(C)(F)F)c3c(Nc4cc(F)c5nn(C)cc5c4)n[nH]c3c2)C[C@H](C)N1. The number of benzene rings is 2. The van der Waals surface area contributed by atoms with E-state index in [1.165, 1.54) is 10.7 Å². The van der Waals surface area contributed by atoms with Gasteiger partial charge < -0.3 is 15.5 Å². The number of fused-ring (bicyclic) bond motifs is 2. The van der Waals surface area contributed by atoms with Gasteiger partial charge in [-0.3, -0.25) is 9.78 Å². The Morgan fingerprint density at radius 3 is 2.55 bits per heavy atom. The highest BCUT2D eigenvalue weighted by atomic mass is 19.3. The largest absolute Gasteiger partial charge is 0.368 e. The molecule has 0 amide bonds. The minimum absolute atomic E-state index is 0.131. The van der Waals surface area contributed by atoms with Crippen LogP contribution in [0.4, 0.5) is 30.4 Å². The lowest BCUT2D eigenvalue weighted by Crippen LogP contribution is -2.54. The normalized spacial score (nSPS) is 19.5. The summed E-state index contributed by atoms with van der Waals surface area (Å²) >= 11 is 0. The molecule has 174 valence electrons. The number of hydrogen-bond acceptors (Lipinski definition) is 5. The maximum absolute atomic E-state index is 14.8. The fourth-order valence-electron chi connectivity index (χ4n) is 4.72. The van der Waals surface area contributed by atoms with E-state index in [9.17, 15) is 13.2 Å². The number of H-pyrrole nitrogens is 1. The van der Waals surface area contributed by atoms with Crippen molar-refractivity contribution in [3.8, 4) is 0 Å². The molecule has 0 saturated carbocycles. The van der Waals surface area contributed by atoms with Gasteiger partial charge >= 0.3 is 0 Å². The van der Waals surface area contributed by atoms with Crippen LogP contribution >= 0.6 is 0 Å². The predicted molar refractivity (Wildman–Crippen MR) is 124 cm³/mol. The standard InChI is InChI=1S/C23H26F3N7/c1-12-9-33(10-13(2)27-12)16-7-17(23(3,25)26)20-19(8-16)29-30-22(20)28-15-5-14-11-32(4)31-21(14)18(24)6-15/h5-8,11-13,27H,9-10H2,1-4H3,(H2,28,29,30)/t12-,13-/m0/s1. The van der Waals surface area contributed by atoms with Gasteiger partial charge in [0.2, 0.25) is 0 Å². The number of aromatic amines is 1. The van der Waals surface area contributed by atoms with E-state index in [-0.39, 0.29) is 34.4 Å². The summed E-state index contributed by atoms with van der Waals surface area (Å²) < 4.78 is 45.6. The molecule has 1 saturated heterocycles. The molecule has 10 heteroatoms. The first-order chi connectivity index (χ1) is 15.6. The summed E-state index contributed by atoms with van der Waals surface area (Å²) in [6.45, 7) is 6.47. The Bertz CT molecular complexity index is 1330. The molecule has 0 aliphatic carbocycles. The third-order valence-electron chi connectivity index (χ3n) is 5.98. The lowest BCUT2D eigenvalue weighted by molar-refractivity contribution is 0.0191. The fraction of sp³-hybridized carbons (Fsp3) is 0.391. The first-order valence-corrected chi connectivity index (χ1v) is 10.9. The molecular formula is C23H26F3N7. The van der Waals surface area contributed by atoms with E-state index in [0.29, 0.717) is 29.7 Å². The van der Waals surface area contributed by atoms with Crippen LogP contribution in [0.25, 0.3) is 21.8 Å². The van der Waals surface area contributed by atoms with Gasteiger partial charge in [0.1, 0.15) is 5.52 Å². The first-order valence-electron chi connectivity index (χ1n) is 10.9. The summed E-state index contributed by atoms with van der Waals surface area (Å²) in [5.74, 6) is -3.38. The summed E-state index contributed by atoms with van der Waals surface area (Å²) in [6, 6.07) is 6.87. The van der Waals surface area contributed by atoms with E-state index >= 15 is 0 Å². The van der Waals surface area contributed by atoms with Gasteiger partial charge in [-0.2, -0.15) is 10.2 Å². The molecule has 33 heavy (non-hydrogen) atoms. The van der Waals surface area contributed by atoms with Crippen molar-refractivity contribution in [2.45, 2.75) is 38.8 Å². The van der Waals surface area contributed by atoms with Gasteiger partial charge in [0.25, 0.3) is 5.92 Å². The highest BCUT2D eigenvalue weighted by molar-refractivity contribution is 5.97. The molecule has 3 N–H and O–H groups in total. The third-order valence-corrected chi connectivity index (χ3v) is 5.98. The summed E-state index contributed by atoms with van der Waals surface area (Å²) in [7, 11) is 1.71. The Morgan fingerprint density at radius 2 is 1.85 bits per heavy atom. The van der Waals surface area contributed by atoms with Gasteiger partial charge in [0.15, 0.2) is 11.6 Å². The van der Waals surface area contributed by atoms with Crippen molar-refractivity contribution in [1.82, 2.24) is 25.3 Å². The number of nitrogens with zero attached hydrogens (tertiary/aromatic N) is 4. The van der Waals surface area contributed by atoms with Gasteiger partial charge in [0, 0.05) is 67.7 Å². The molecule has 2 aromatic carbocycles. The first kappa shape index (κ1) is 21.6. The molecule has 1 aliphatic heterocycles. The van der Waals surface area contributed by atoms with E-state index < -0.39 is 11.7 Å². The Hall–Kier alpha value is -3.27. The molecule has 2 aromatic heterocycles. The lowest BCUT2D eigenvalue weighted by Gasteiger charge is -2.38. The predicted octanol–water partition coefficient (Wildman–Crippen LogP) is 4.63. The zero-order chi connectivity index (χ0) is 23.5. The summed E-state index contributed by atoms with van der Waals surface area (Å²) in [6.07, 6.45) is 1.69. The summed E-state index contributed by atoms with van der Waals surface area (Å²) in [5, 5.41) is 18.6. The van der Waals surface area contributed by atoms with Crippen molar-refractivity contribution >= 4 is 39.0 Å². The Kier molecular flexibility index (Phi) is 5.00. The molecule has 0 radical (unpaired) electrons. The van der Waals surface area contributed by atoms with Crippen LogP contribution in [0.15, 0.2) is 30.5 Å². The second-order valence-corrected chi connectivity index (χ2v) is 9.07. The zero-order valence-corrected chi connectivity index (χ0v) is 18.9. The number of anilines is 3. The zero-order valence-electron chi connectivity index (χ0n) is 18.9. The minimum Gasteiger partial charge on any atom is -0.368 e. The van der Waals surface area contributed by atoms with Gasteiger partial charge in [-0.05, 0) is 38.1 Å². The number of nitrogens with one attached hydrogen (secondary N) is 3. The van der Waals surface area contributed by atoms with Crippen LogP contribution < -0.4 is 15.5 Å². The van der Waals surface area contributed by atoms with Crippen LogP contribution in [-0.4, -0.2) is 45.2 Å². The maximum Gasteiger partial charge on any atom is 0.271 e. The van der Waals surface area contributed by atoms with Crippen molar-refractivity contribution in [3.05, 3.63) is 41.8 Å². The molecular weight excluding hydrogens is 431 g/mol. The third kappa shape index (κ3) is 3.99. The molecule has 4 aromatic rings. The van der Waals surface area contributed by atoms with Gasteiger partial charge in [-0.15, -0.1) is 0 Å². The molecule has 0 unspecified atom stereocenters. The number of aromatic nitrogens is 4. The molecule has 5 rings (SSSR count). The molecule has 2 atom stereocenters. The van der Waals surface area contributed by atoms with Crippen LogP contribution in [0.5, 0.6) is 0 Å². The van der Waals surface area contributed by atoms with E-state index in [1.807, 2.05) is 6.07 Å². The fourth-order valence-corrected chi connectivity index (χ4v) is 4.72. The second-order valence-electron chi connectivity index (χ2n) is 9.07. The van der Waals surface area contributed by atoms with Crippen molar-refractivity contribution in [2.24, 2.45) is 7.05 Å². The highest BCUT2D eigenvalue weighted by Gasteiger charge is 2.31. The second kappa shape index (κ2) is 7.65. The lowest BCUT2D eigenvalue weighted by atomic mass is 10.0.